The van der Waals surface area contributed by atoms with Gasteiger partial charge in [0.05, 0.1) is 27.8 Å². The van der Waals surface area contributed by atoms with Crippen molar-refractivity contribution in [3.63, 3.8) is 0 Å². The molecule has 3 aromatic carbocycles. The molecule has 1 N–H and O–H groups in total. The topological polar surface area (TPSA) is 75.7 Å². The van der Waals surface area contributed by atoms with Crippen LogP contribution in [-0.2, 0) is 14.8 Å². The Balaban J connectivity index is 1.68. The number of rotatable bonds is 4. The van der Waals surface area contributed by atoms with Crippen LogP contribution >= 0.6 is 34.8 Å². The van der Waals surface area contributed by atoms with Crippen molar-refractivity contribution >= 4 is 62.1 Å². The van der Waals surface area contributed by atoms with Crippen molar-refractivity contribution in [2.75, 3.05) is 16.2 Å². The highest BCUT2D eigenvalue weighted by molar-refractivity contribution is 7.92. The van der Waals surface area contributed by atoms with Crippen LogP contribution in [0.2, 0.25) is 15.1 Å². The zero-order valence-electron chi connectivity index (χ0n) is 15.8. The number of fused-ring (bicyclic) bond motifs is 1. The second-order valence-corrected chi connectivity index (χ2v) is 9.82. The molecule has 0 saturated heterocycles. The van der Waals surface area contributed by atoms with Crippen molar-refractivity contribution < 1.29 is 17.9 Å². The molecule has 6 nitrogen and oxygen atoms in total. The molecule has 1 amide bonds. The number of hydrogen-bond donors (Lipinski definition) is 1. The molecule has 0 spiro atoms. The van der Waals surface area contributed by atoms with Gasteiger partial charge in [0.25, 0.3) is 15.9 Å². The summed E-state index contributed by atoms with van der Waals surface area (Å²) in [6.45, 7) is -0.230. The van der Waals surface area contributed by atoms with E-state index in [9.17, 15) is 13.2 Å². The molecule has 4 rings (SSSR count). The van der Waals surface area contributed by atoms with E-state index in [0.29, 0.717) is 26.4 Å². The Morgan fingerprint density at radius 2 is 1.65 bits per heavy atom. The van der Waals surface area contributed by atoms with Gasteiger partial charge in [-0.1, -0.05) is 46.9 Å². The molecular formula is C21H15Cl3N2O4S. The minimum atomic E-state index is -3.98. The first-order valence-corrected chi connectivity index (χ1v) is 11.6. The van der Waals surface area contributed by atoms with Crippen molar-refractivity contribution in [2.45, 2.75) is 11.0 Å². The maximum absolute atomic E-state index is 13.3. The van der Waals surface area contributed by atoms with Crippen molar-refractivity contribution in [3.05, 3.63) is 81.8 Å². The van der Waals surface area contributed by atoms with E-state index in [0.717, 1.165) is 4.31 Å². The van der Waals surface area contributed by atoms with Crippen LogP contribution in [0, 0.1) is 0 Å². The van der Waals surface area contributed by atoms with Gasteiger partial charge in [-0.15, -0.1) is 0 Å². The van der Waals surface area contributed by atoms with Crippen molar-refractivity contribution in [1.82, 2.24) is 0 Å². The zero-order valence-corrected chi connectivity index (χ0v) is 18.8. The molecule has 1 aliphatic heterocycles. The molecule has 1 heterocycles. The van der Waals surface area contributed by atoms with E-state index in [-0.39, 0.29) is 17.2 Å². The van der Waals surface area contributed by atoms with Gasteiger partial charge in [-0.05, 0) is 54.6 Å². The van der Waals surface area contributed by atoms with Gasteiger partial charge in [0.15, 0.2) is 6.10 Å². The van der Waals surface area contributed by atoms with Crippen molar-refractivity contribution in [3.8, 4) is 5.75 Å². The fraction of sp³-hybridized carbons (Fsp3) is 0.0952. The van der Waals surface area contributed by atoms with Gasteiger partial charge in [0.1, 0.15) is 5.75 Å². The van der Waals surface area contributed by atoms with E-state index in [1.54, 1.807) is 36.4 Å². The number of nitrogens with zero attached hydrogens (tertiary/aromatic N) is 1. The maximum atomic E-state index is 13.3. The normalized spacial score (nSPS) is 15.7. The van der Waals surface area contributed by atoms with Crippen LogP contribution in [0.15, 0.2) is 71.6 Å². The SMILES string of the molecule is O=C(Nc1cc(Cl)ccc1Cl)C1CN(S(=O)(=O)c2ccc(Cl)cc2)c2ccccc2O1. The average molecular weight is 498 g/mol. The molecule has 31 heavy (non-hydrogen) atoms. The molecule has 3 aromatic rings. The maximum Gasteiger partial charge on any atom is 0.267 e. The lowest BCUT2D eigenvalue weighted by Gasteiger charge is -2.34. The summed E-state index contributed by atoms with van der Waals surface area (Å²) in [6.07, 6.45) is -1.12. The summed E-state index contributed by atoms with van der Waals surface area (Å²) in [7, 11) is -3.98. The molecule has 10 heteroatoms. The number of para-hydroxylation sites is 2. The summed E-state index contributed by atoms with van der Waals surface area (Å²) in [6, 6.07) is 17.1. The molecule has 0 bridgehead atoms. The molecule has 1 aliphatic rings. The van der Waals surface area contributed by atoms with Gasteiger partial charge >= 0.3 is 0 Å². The number of nitrogens with one attached hydrogen (secondary N) is 1. The largest absolute Gasteiger partial charge is 0.476 e. The molecule has 1 atom stereocenters. The van der Waals surface area contributed by atoms with Crippen LogP contribution in [0.5, 0.6) is 5.75 Å². The fourth-order valence-corrected chi connectivity index (χ4v) is 5.05. The highest BCUT2D eigenvalue weighted by Crippen LogP contribution is 2.37. The highest BCUT2D eigenvalue weighted by Gasteiger charge is 2.37. The smallest absolute Gasteiger partial charge is 0.267 e. The average Bonchev–Trinajstić information content (AvgIpc) is 2.75. The number of sulfonamides is 1. The minimum absolute atomic E-state index is 0.0469. The van der Waals surface area contributed by atoms with Crippen molar-refractivity contribution in [2.24, 2.45) is 0 Å². The van der Waals surface area contributed by atoms with Crippen molar-refractivity contribution in [1.29, 1.82) is 0 Å². The van der Waals surface area contributed by atoms with Gasteiger partial charge in [-0.3, -0.25) is 9.10 Å². The molecule has 0 radical (unpaired) electrons. The minimum Gasteiger partial charge on any atom is -0.476 e. The number of anilines is 2. The summed E-state index contributed by atoms with van der Waals surface area (Å²) >= 11 is 18.0. The van der Waals surface area contributed by atoms with E-state index in [1.807, 2.05) is 0 Å². The Morgan fingerprint density at radius 1 is 0.968 bits per heavy atom. The first kappa shape index (κ1) is 21.8. The summed E-state index contributed by atoms with van der Waals surface area (Å²) in [5.74, 6) is -0.293. The molecule has 160 valence electrons. The number of ether oxygens (including phenoxy) is 1. The Bertz CT molecular complexity index is 1250. The summed E-state index contributed by atoms with van der Waals surface area (Å²) in [4.78, 5) is 13.0. The van der Waals surface area contributed by atoms with Crippen LogP contribution < -0.4 is 14.4 Å². The summed E-state index contributed by atoms with van der Waals surface area (Å²) < 4.78 is 33.6. The second kappa shape index (κ2) is 8.59. The molecular weight excluding hydrogens is 483 g/mol. The number of halogens is 3. The van der Waals surface area contributed by atoms with E-state index in [2.05, 4.69) is 5.32 Å². The third-order valence-electron chi connectivity index (χ3n) is 4.62. The monoisotopic (exact) mass is 496 g/mol. The first-order valence-electron chi connectivity index (χ1n) is 9.05. The number of carbonyl (C=O) groups excluding carboxylic acids is 1. The quantitative estimate of drug-likeness (QED) is 0.535. The van der Waals surface area contributed by atoms with E-state index < -0.39 is 22.0 Å². The summed E-state index contributed by atoms with van der Waals surface area (Å²) in [5, 5.41) is 3.75. The van der Waals surface area contributed by atoms with Crippen LogP contribution in [-0.4, -0.2) is 27.0 Å². The molecule has 0 fully saturated rings. The standard InChI is InChI=1S/C21H15Cl3N2O4S/c22-13-5-8-15(9-6-13)31(28,29)26-12-20(30-19-4-2-1-3-18(19)26)21(27)25-17-11-14(23)7-10-16(17)24/h1-11,20H,12H2,(H,25,27). The van der Waals surface area contributed by atoms with Gasteiger partial charge in [-0.25, -0.2) is 8.42 Å². The third-order valence-corrected chi connectivity index (χ3v) is 7.23. The van der Waals surface area contributed by atoms with E-state index >= 15 is 0 Å². The third kappa shape index (κ3) is 4.45. The van der Waals surface area contributed by atoms with Crippen LogP contribution in [0.4, 0.5) is 11.4 Å². The Morgan fingerprint density at radius 3 is 2.39 bits per heavy atom. The molecule has 0 saturated carbocycles. The molecule has 1 unspecified atom stereocenters. The number of benzene rings is 3. The van der Waals surface area contributed by atoms with Gasteiger partial charge in [0, 0.05) is 10.0 Å². The van der Waals surface area contributed by atoms with Crippen LogP contribution in [0.3, 0.4) is 0 Å². The van der Waals surface area contributed by atoms with Crippen LogP contribution in [0.1, 0.15) is 0 Å². The van der Waals surface area contributed by atoms with E-state index in [4.69, 9.17) is 39.5 Å². The first-order chi connectivity index (χ1) is 14.8. The number of amides is 1. The van der Waals surface area contributed by atoms with Gasteiger partial charge in [-0.2, -0.15) is 0 Å². The fourth-order valence-electron chi connectivity index (χ4n) is 3.11. The predicted octanol–water partition coefficient (Wildman–Crippen LogP) is 5.24. The highest BCUT2D eigenvalue weighted by atomic mass is 35.5. The Kier molecular flexibility index (Phi) is 6.03. The molecule has 0 aromatic heterocycles. The summed E-state index contributed by atoms with van der Waals surface area (Å²) in [5.41, 5.74) is 0.635. The lowest BCUT2D eigenvalue weighted by Crippen LogP contribution is -2.48. The van der Waals surface area contributed by atoms with Gasteiger partial charge < -0.3 is 10.1 Å². The molecule has 0 aliphatic carbocycles. The predicted molar refractivity (Wildman–Crippen MR) is 122 cm³/mol. The number of hydrogen-bond acceptors (Lipinski definition) is 4. The Hall–Kier alpha value is -2.45. The Labute approximate surface area is 194 Å². The number of carbonyl (C=O) groups is 1. The lowest BCUT2D eigenvalue weighted by molar-refractivity contribution is -0.122. The van der Waals surface area contributed by atoms with Gasteiger partial charge in [0.2, 0.25) is 0 Å². The van der Waals surface area contributed by atoms with Crippen LogP contribution in [0.25, 0.3) is 0 Å². The zero-order chi connectivity index (χ0) is 22.2. The van der Waals surface area contributed by atoms with E-state index in [1.165, 1.54) is 30.3 Å². The second-order valence-electron chi connectivity index (χ2n) is 6.68. The lowest BCUT2D eigenvalue weighted by atomic mass is 10.2.